The Kier molecular flexibility index (Phi) is 8.14. The summed E-state index contributed by atoms with van der Waals surface area (Å²) in [6, 6.07) is 13.6. The molecule has 3 amide bonds. The number of para-hydroxylation sites is 1. The fourth-order valence-electron chi connectivity index (χ4n) is 8.12. The SMILES string of the molecule is O=C(O)CCCCCN1C(=O)C2C3CC(C2C1=O)C1C3Sc2[nH]c(=O)sc2[C@@H]1c1ccccc1OCC(=O)Nc1ccc(O)cc1. The number of aromatic amines is 1. The van der Waals surface area contributed by atoms with Crippen LogP contribution in [-0.2, 0) is 19.2 Å². The van der Waals surface area contributed by atoms with E-state index in [1.165, 1.54) is 17.0 Å². The number of imide groups is 1. The summed E-state index contributed by atoms with van der Waals surface area (Å²) in [7, 11) is 0. The van der Waals surface area contributed by atoms with Crippen LogP contribution in [0.3, 0.4) is 0 Å². The third-order valence-corrected chi connectivity index (χ3v) is 12.4. The van der Waals surface area contributed by atoms with E-state index in [0.717, 1.165) is 33.2 Å². The number of carbonyl (C=O) groups is 4. The van der Waals surface area contributed by atoms with Gasteiger partial charge in [-0.3, -0.25) is 28.9 Å². The van der Waals surface area contributed by atoms with E-state index >= 15 is 0 Å². The number of hydrogen-bond donors (Lipinski definition) is 4. The number of likely N-dealkylation sites (tertiary alicyclic amines) is 1. The van der Waals surface area contributed by atoms with E-state index in [4.69, 9.17) is 9.84 Å². The molecule has 2 bridgehead atoms. The fraction of sp³-hybridized carbons (Fsp3) is 0.424. The number of phenols is 1. The van der Waals surface area contributed by atoms with Crippen LogP contribution in [-0.4, -0.2) is 62.2 Å². The number of unbranched alkanes of at least 4 members (excludes halogenated alkanes) is 2. The molecule has 2 saturated carbocycles. The van der Waals surface area contributed by atoms with Gasteiger partial charge in [-0.2, -0.15) is 0 Å². The number of fused-ring (bicyclic) bond motifs is 9. The standard InChI is InChI=1S/C33H33N3O8S2/c37-17-11-9-16(10-12-17)34-22(38)15-44-21-7-4-3-6-18(21)24-25-19-14-20(28(25)45-30-29(24)46-33(43)35-30)27-26(19)31(41)36(32(27)42)13-5-1-2-8-23(39)40/h3-4,6-7,9-12,19-20,24-28,37H,1-2,5,8,13-15H2,(H,34,38)(H,35,43)(H,39,40)/t19?,20?,24-,25?,26?,27?,28?/m1/s1. The molecular formula is C33H33N3O8S2. The van der Waals surface area contributed by atoms with Gasteiger partial charge in [0.05, 0.1) is 16.9 Å². The minimum absolute atomic E-state index is 0.0123. The molecule has 4 N–H and O–H groups in total. The quantitative estimate of drug-likeness (QED) is 0.133. The predicted molar refractivity (Wildman–Crippen MR) is 170 cm³/mol. The second-order valence-electron chi connectivity index (χ2n) is 12.4. The van der Waals surface area contributed by atoms with Crippen molar-refractivity contribution in [3.63, 3.8) is 0 Å². The number of hydrogen-bond acceptors (Lipinski definition) is 9. The van der Waals surface area contributed by atoms with Crippen LogP contribution >= 0.6 is 23.1 Å². The Hall–Kier alpha value is -4.10. The topological polar surface area (TPSA) is 166 Å². The van der Waals surface area contributed by atoms with Crippen LogP contribution in [0.5, 0.6) is 11.5 Å². The highest BCUT2D eigenvalue weighted by Gasteiger charge is 2.69. The van der Waals surface area contributed by atoms with Crippen LogP contribution < -0.4 is 14.9 Å². The number of thioether (sulfide) groups is 1. The minimum atomic E-state index is -0.853. The Morgan fingerprint density at radius 3 is 2.48 bits per heavy atom. The number of benzene rings is 2. The summed E-state index contributed by atoms with van der Waals surface area (Å²) in [6.07, 6.45) is 2.54. The first-order chi connectivity index (χ1) is 22.2. The minimum Gasteiger partial charge on any atom is -0.508 e. The number of H-pyrrole nitrogens is 1. The average molecular weight is 664 g/mol. The summed E-state index contributed by atoms with van der Waals surface area (Å²) >= 11 is 2.77. The maximum Gasteiger partial charge on any atom is 0.305 e. The molecule has 6 unspecified atom stereocenters. The summed E-state index contributed by atoms with van der Waals surface area (Å²) in [5, 5.41) is 22.0. The van der Waals surface area contributed by atoms with Gasteiger partial charge < -0.3 is 25.3 Å². The lowest BCUT2D eigenvalue weighted by Crippen LogP contribution is -2.42. The van der Waals surface area contributed by atoms with Gasteiger partial charge in [0.2, 0.25) is 11.8 Å². The molecule has 3 aromatic rings. The van der Waals surface area contributed by atoms with Gasteiger partial charge in [-0.25, -0.2) is 0 Å². The zero-order chi connectivity index (χ0) is 32.1. The van der Waals surface area contributed by atoms with Crippen LogP contribution in [0.2, 0.25) is 0 Å². The maximum absolute atomic E-state index is 13.8. The average Bonchev–Trinajstić information content (AvgIpc) is 3.77. The third kappa shape index (κ3) is 5.38. The Morgan fingerprint density at radius 2 is 1.72 bits per heavy atom. The summed E-state index contributed by atoms with van der Waals surface area (Å²) in [5.74, 6) is -2.01. The van der Waals surface area contributed by atoms with Crippen LogP contribution in [0.15, 0.2) is 58.4 Å². The Morgan fingerprint density at radius 1 is 0.978 bits per heavy atom. The van der Waals surface area contributed by atoms with Crippen LogP contribution in [0.1, 0.15) is 48.5 Å². The number of phenolic OH excluding ortho intramolecular Hbond substituents is 1. The van der Waals surface area contributed by atoms with Crippen molar-refractivity contribution in [2.24, 2.45) is 29.6 Å². The molecule has 1 saturated heterocycles. The van der Waals surface area contributed by atoms with Gasteiger partial charge >= 0.3 is 10.8 Å². The van der Waals surface area contributed by atoms with E-state index in [2.05, 4.69) is 10.3 Å². The molecule has 240 valence electrons. The fourth-order valence-corrected chi connectivity index (χ4v) is 11.0. The second kappa shape index (κ2) is 12.3. The molecule has 7 atom stereocenters. The van der Waals surface area contributed by atoms with E-state index in [9.17, 15) is 29.1 Å². The molecule has 3 heterocycles. The van der Waals surface area contributed by atoms with Gasteiger partial charge in [0.15, 0.2) is 6.61 Å². The number of rotatable bonds is 11. The van der Waals surface area contributed by atoms with Gasteiger partial charge in [0.1, 0.15) is 11.5 Å². The number of aromatic nitrogens is 1. The van der Waals surface area contributed by atoms with Gasteiger partial charge in [-0.1, -0.05) is 36.0 Å². The van der Waals surface area contributed by atoms with Crippen molar-refractivity contribution in [1.29, 1.82) is 0 Å². The first kappa shape index (κ1) is 30.5. The number of carboxylic acids is 1. The number of carbonyl (C=O) groups excluding carboxylic acids is 3. The van der Waals surface area contributed by atoms with Gasteiger partial charge in [-0.15, -0.1) is 11.8 Å². The number of aliphatic carboxylic acids is 1. The van der Waals surface area contributed by atoms with Crippen LogP contribution in [0, 0.1) is 29.6 Å². The normalized spacial score (nSPS) is 27.3. The zero-order valence-corrected chi connectivity index (χ0v) is 26.4. The molecule has 0 radical (unpaired) electrons. The highest BCUT2D eigenvalue weighted by molar-refractivity contribution is 8.00. The molecule has 7 rings (SSSR count). The lowest BCUT2D eigenvalue weighted by atomic mass is 9.68. The van der Waals surface area contributed by atoms with Crippen molar-refractivity contribution < 1.29 is 34.1 Å². The van der Waals surface area contributed by atoms with Gasteiger partial charge in [0, 0.05) is 40.3 Å². The molecule has 2 aliphatic heterocycles. The van der Waals surface area contributed by atoms with E-state index in [1.807, 2.05) is 18.2 Å². The summed E-state index contributed by atoms with van der Waals surface area (Å²) < 4.78 is 6.10. The molecular weight excluding hydrogens is 631 g/mol. The Balaban J connectivity index is 1.14. The van der Waals surface area contributed by atoms with Crippen molar-refractivity contribution in [3.8, 4) is 11.5 Å². The Bertz CT molecular complexity index is 1750. The van der Waals surface area contributed by atoms with Crippen LogP contribution in [0.4, 0.5) is 5.69 Å². The molecule has 1 aromatic heterocycles. The Labute approximate surface area is 272 Å². The van der Waals surface area contributed by atoms with Crippen molar-refractivity contribution in [1.82, 2.24) is 9.88 Å². The highest BCUT2D eigenvalue weighted by Crippen LogP contribution is 2.69. The zero-order valence-electron chi connectivity index (χ0n) is 24.7. The van der Waals surface area contributed by atoms with E-state index in [-0.39, 0.29) is 76.2 Å². The number of anilines is 1. The van der Waals surface area contributed by atoms with E-state index in [1.54, 1.807) is 30.0 Å². The predicted octanol–water partition coefficient (Wildman–Crippen LogP) is 4.28. The van der Waals surface area contributed by atoms with Crippen molar-refractivity contribution >= 4 is 52.5 Å². The third-order valence-electron chi connectivity index (χ3n) is 9.85. The maximum atomic E-state index is 13.8. The molecule has 11 nitrogen and oxygen atoms in total. The first-order valence-electron chi connectivity index (χ1n) is 15.5. The first-order valence-corrected chi connectivity index (χ1v) is 17.2. The van der Waals surface area contributed by atoms with Gasteiger partial charge in [0.25, 0.3) is 5.91 Å². The second-order valence-corrected chi connectivity index (χ2v) is 14.6. The van der Waals surface area contributed by atoms with Crippen molar-refractivity contribution in [2.75, 3.05) is 18.5 Å². The van der Waals surface area contributed by atoms with Crippen molar-refractivity contribution in [2.45, 2.75) is 48.3 Å². The lowest BCUT2D eigenvalue weighted by molar-refractivity contribution is -0.141. The molecule has 3 fully saturated rings. The molecule has 13 heteroatoms. The van der Waals surface area contributed by atoms with E-state index < -0.39 is 11.9 Å². The molecule has 2 aromatic carbocycles. The summed E-state index contributed by atoms with van der Waals surface area (Å²) in [5.41, 5.74) is 1.36. The molecule has 2 aliphatic carbocycles. The van der Waals surface area contributed by atoms with E-state index in [0.29, 0.717) is 37.2 Å². The lowest BCUT2D eigenvalue weighted by Gasteiger charge is -2.43. The highest BCUT2D eigenvalue weighted by atomic mass is 32.2. The molecule has 0 spiro atoms. The number of aromatic hydroxyl groups is 1. The molecule has 46 heavy (non-hydrogen) atoms. The van der Waals surface area contributed by atoms with Crippen LogP contribution in [0.25, 0.3) is 0 Å². The number of nitrogens with zero attached hydrogens (tertiary/aromatic N) is 1. The number of thiazole rings is 1. The summed E-state index contributed by atoms with van der Waals surface area (Å²) in [4.78, 5) is 68.9. The number of nitrogens with one attached hydrogen (secondary N) is 2. The smallest absolute Gasteiger partial charge is 0.305 e. The number of ether oxygens (including phenoxy) is 1. The molecule has 4 aliphatic rings. The largest absolute Gasteiger partial charge is 0.508 e. The van der Waals surface area contributed by atoms with Gasteiger partial charge in [-0.05, 0) is 67.3 Å². The number of amides is 3. The monoisotopic (exact) mass is 663 g/mol. The number of carboxylic acid groups (broad SMARTS) is 1. The summed E-state index contributed by atoms with van der Waals surface area (Å²) in [6.45, 7) is 0.0496. The van der Waals surface area contributed by atoms with Crippen molar-refractivity contribution in [3.05, 3.63) is 68.6 Å².